The molecule has 1 saturated heterocycles. The molecule has 2 unspecified atom stereocenters. The highest BCUT2D eigenvalue weighted by molar-refractivity contribution is 5.40. The van der Waals surface area contributed by atoms with E-state index in [1.807, 2.05) is 0 Å². The number of nitrogens with zero attached hydrogens (tertiary/aromatic N) is 5. The third-order valence-electron chi connectivity index (χ3n) is 3.60. The van der Waals surface area contributed by atoms with Crippen LogP contribution in [0.2, 0.25) is 0 Å². The molecule has 2 rings (SSSR count). The van der Waals surface area contributed by atoms with Crippen molar-refractivity contribution in [3.05, 3.63) is 33.2 Å². The Morgan fingerprint density at radius 3 is 2.92 bits per heavy atom. The number of aliphatic hydroxyl groups excluding tert-OH is 3. The minimum absolute atomic E-state index is 0.0841. The Morgan fingerprint density at radius 2 is 2.38 bits per heavy atom. The summed E-state index contributed by atoms with van der Waals surface area (Å²) < 4.78 is 24.6. The lowest BCUT2D eigenvalue weighted by atomic mass is 10.1. The number of aromatic nitrogens is 2. The van der Waals surface area contributed by atoms with E-state index >= 15 is 0 Å². The number of carbonyl (C=O) groups is 1. The van der Waals surface area contributed by atoms with Gasteiger partial charge in [0.1, 0.15) is 11.9 Å². The number of azide groups is 1. The van der Waals surface area contributed by atoms with Gasteiger partial charge in [-0.3, -0.25) is 9.36 Å². The van der Waals surface area contributed by atoms with Crippen LogP contribution in [0.25, 0.3) is 10.4 Å². The number of ether oxygens (including phenoxy) is 2. The van der Waals surface area contributed by atoms with Gasteiger partial charge in [-0.25, -0.2) is 9.18 Å². The van der Waals surface area contributed by atoms with E-state index in [4.69, 9.17) is 15.4 Å². The molecule has 4 N–H and O–H groups in total. The molecule has 142 valence electrons. The lowest BCUT2D eigenvalue weighted by Gasteiger charge is -2.23. The number of carbonyl (C=O) groups excluding carboxylic acids is 1. The highest BCUT2D eigenvalue weighted by Gasteiger charge is 2.56. The Balaban J connectivity index is 2.28. The molecule has 0 spiro atoms. The van der Waals surface area contributed by atoms with Crippen molar-refractivity contribution in [3.8, 4) is 0 Å². The summed E-state index contributed by atoms with van der Waals surface area (Å²) in [6.07, 6.45) is -6.02. The molecular formula is C12H15FN6O7. The van der Waals surface area contributed by atoms with Gasteiger partial charge in [0, 0.05) is 11.1 Å². The zero-order chi connectivity index (χ0) is 19.3. The van der Waals surface area contributed by atoms with Crippen LogP contribution in [0.5, 0.6) is 0 Å². The number of rotatable bonds is 8. The van der Waals surface area contributed by atoms with Gasteiger partial charge in [0.2, 0.25) is 5.72 Å². The monoisotopic (exact) mass is 374 g/mol. The number of nitrogens with one attached hydrogen (secondary N) is 1. The average Bonchev–Trinajstić information content (AvgIpc) is 2.87. The Hall–Kier alpha value is -2.77. The predicted octanol–water partition coefficient (Wildman–Crippen LogP) is -1.63. The first-order chi connectivity index (χ1) is 12.4. The second kappa shape index (κ2) is 8.07. The van der Waals surface area contributed by atoms with E-state index in [2.05, 4.69) is 25.1 Å². The lowest BCUT2D eigenvalue weighted by molar-refractivity contribution is -0.133. The fraction of sp³-hybridized carbons (Fsp3) is 0.583. The standard InChI is InChI=1S/C12H15FN6O7/c13-8-9(23)12(4-21,17-18-14)26-10(8)19-2-1-6(16-11(19)24)15-7(3-20)25-5-22/h1-2,5,7-10,20-21,23H,3-4H2,(H,15,16,24)/t7-,8+,9?,10?,12-/m1/s1. The van der Waals surface area contributed by atoms with Crippen LogP contribution in [0.1, 0.15) is 6.23 Å². The van der Waals surface area contributed by atoms with Gasteiger partial charge in [-0.05, 0) is 11.6 Å². The molecule has 5 atom stereocenters. The minimum Gasteiger partial charge on any atom is -0.441 e. The number of aliphatic hydroxyl groups is 3. The molecule has 0 aromatic carbocycles. The molecule has 1 aliphatic rings. The summed E-state index contributed by atoms with van der Waals surface area (Å²) in [5.41, 5.74) is 5.21. The second-order valence-corrected chi connectivity index (χ2v) is 5.14. The molecule has 0 aliphatic carbocycles. The summed E-state index contributed by atoms with van der Waals surface area (Å²) >= 11 is 0. The van der Waals surface area contributed by atoms with E-state index in [0.29, 0.717) is 4.57 Å². The molecule has 1 aromatic rings. The van der Waals surface area contributed by atoms with Crippen LogP contribution in [0.15, 0.2) is 22.2 Å². The second-order valence-electron chi connectivity index (χ2n) is 5.14. The van der Waals surface area contributed by atoms with E-state index in [1.165, 1.54) is 6.07 Å². The summed E-state index contributed by atoms with van der Waals surface area (Å²) in [5, 5.41) is 33.7. The van der Waals surface area contributed by atoms with Crippen molar-refractivity contribution >= 4 is 12.3 Å². The van der Waals surface area contributed by atoms with Gasteiger partial charge < -0.3 is 30.1 Å². The van der Waals surface area contributed by atoms with Gasteiger partial charge in [0.15, 0.2) is 18.6 Å². The van der Waals surface area contributed by atoms with Crippen LogP contribution in [0.4, 0.5) is 10.2 Å². The van der Waals surface area contributed by atoms with Crippen molar-refractivity contribution in [2.24, 2.45) is 5.11 Å². The summed E-state index contributed by atoms with van der Waals surface area (Å²) in [6.45, 7) is -1.53. The Bertz CT molecular complexity index is 756. The van der Waals surface area contributed by atoms with Gasteiger partial charge >= 0.3 is 5.69 Å². The lowest BCUT2D eigenvalue weighted by Crippen LogP contribution is -2.43. The Labute approximate surface area is 144 Å². The van der Waals surface area contributed by atoms with Crippen LogP contribution in [-0.2, 0) is 14.3 Å². The molecule has 1 fully saturated rings. The maximum Gasteiger partial charge on any atom is 0.351 e. The van der Waals surface area contributed by atoms with Gasteiger partial charge in [-0.2, -0.15) is 4.98 Å². The summed E-state index contributed by atoms with van der Waals surface area (Å²) in [4.78, 5) is 28.3. The van der Waals surface area contributed by atoms with Gasteiger partial charge in [-0.15, -0.1) is 0 Å². The molecule has 2 heterocycles. The molecular weight excluding hydrogens is 359 g/mol. The van der Waals surface area contributed by atoms with E-state index in [-0.39, 0.29) is 12.3 Å². The summed E-state index contributed by atoms with van der Waals surface area (Å²) in [6, 6.07) is 1.19. The molecule has 0 amide bonds. The molecule has 0 saturated carbocycles. The molecule has 26 heavy (non-hydrogen) atoms. The Morgan fingerprint density at radius 1 is 1.65 bits per heavy atom. The number of alkyl halides is 1. The summed E-state index contributed by atoms with van der Waals surface area (Å²) in [7, 11) is 0. The van der Waals surface area contributed by atoms with Crippen molar-refractivity contribution in [2.75, 3.05) is 18.5 Å². The fourth-order valence-corrected chi connectivity index (χ4v) is 2.32. The van der Waals surface area contributed by atoms with Gasteiger partial charge in [0.05, 0.1) is 13.2 Å². The summed E-state index contributed by atoms with van der Waals surface area (Å²) in [5.74, 6) is -0.0930. The molecule has 1 aliphatic heterocycles. The third kappa shape index (κ3) is 3.58. The smallest absolute Gasteiger partial charge is 0.351 e. The van der Waals surface area contributed by atoms with Crippen LogP contribution in [0.3, 0.4) is 0 Å². The maximum absolute atomic E-state index is 14.4. The van der Waals surface area contributed by atoms with Gasteiger partial charge in [-0.1, -0.05) is 5.11 Å². The number of hydrogen-bond acceptors (Lipinski definition) is 10. The first-order valence-electron chi connectivity index (χ1n) is 7.15. The third-order valence-corrected chi connectivity index (χ3v) is 3.60. The van der Waals surface area contributed by atoms with E-state index in [9.17, 15) is 24.2 Å². The molecule has 13 nitrogen and oxygen atoms in total. The minimum atomic E-state index is -2.28. The predicted molar refractivity (Wildman–Crippen MR) is 80.1 cm³/mol. The highest BCUT2D eigenvalue weighted by Crippen LogP contribution is 2.39. The van der Waals surface area contributed by atoms with Crippen molar-refractivity contribution in [1.29, 1.82) is 0 Å². The zero-order valence-corrected chi connectivity index (χ0v) is 13.0. The first-order valence-corrected chi connectivity index (χ1v) is 7.15. The van der Waals surface area contributed by atoms with Crippen LogP contribution < -0.4 is 11.0 Å². The number of anilines is 1. The van der Waals surface area contributed by atoms with Crippen molar-refractivity contribution in [3.63, 3.8) is 0 Å². The number of hydrogen-bond donors (Lipinski definition) is 4. The van der Waals surface area contributed by atoms with Crippen LogP contribution in [0, 0.1) is 0 Å². The maximum atomic E-state index is 14.4. The van der Waals surface area contributed by atoms with Crippen molar-refractivity contribution in [2.45, 2.75) is 30.5 Å². The zero-order valence-electron chi connectivity index (χ0n) is 13.0. The SMILES string of the molecule is [N-]=[N+]=N[C@]1(CO)OC(n2ccc(N[C@@H](CO)OC=O)nc2=O)[C@@H](F)C1O. The largest absolute Gasteiger partial charge is 0.441 e. The van der Waals surface area contributed by atoms with E-state index < -0.39 is 49.4 Å². The van der Waals surface area contributed by atoms with E-state index in [1.54, 1.807) is 0 Å². The van der Waals surface area contributed by atoms with Crippen molar-refractivity contribution in [1.82, 2.24) is 9.55 Å². The quantitative estimate of drug-likeness (QED) is 0.136. The molecule has 0 bridgehead atoms. The topological polar surface area (TPSA) is 192 Å². The van der Waals surface area contributed by atoms with Crippen LogP contribution >= 0.6 is 0 Å². The van der Waals surface area contributed by atoms with Gasteiger partial charge in [0.25, 0.3) is 6.47 Å². The number of halogens is 1. The Kier molecular flexibility index (Phi) is 6.07. The highest BCUT2D eigenvalue weighted by atomic mass is 19.1. The molecule has 0 radical (unpaired) electrons. The molecule has 14 heteroatoms. The average molecular weight is 374 g/mol. The van der Waals surface area contributed by atoms with Crippen LogP contribution in [-0.4, -0.2) is 68.8 Å². The first kappa shape index (κ1) is 19.6. The normalized spacial score (nSPS) is 28.8. The van der Waals surface area contributed by atoms with Crippen molar-refractivity contribution < 1.29 is 34.0 Å². The fourth-order valence-electron chi connectivity index (χ4n) is 2.32. The molecule has 1 aromatic heterocycles. The van der Waals surface area contributed by atoms with E-state index in [0.717, 1.165) is 6.20 Å².